The lowest BCUT2D eigenvalue weighted by Crippen LogP contribution is -2.38. The van der Waals surface area contributed by atoms with E-state index in [0.717, 1.165) is 17.0 Å². The molecule has 0 spiro atoms. The van der Waals surface area contributed by atoms with E-state index in [9.17, 15) is 23.2 Å². The first kappa shape index (κ1) is 19.3. The second kappa shape index (κ2) is 7.08. The number of thiophene rings is 1. The van der Waals surface area contributed by atoms with Crippen LogP contribution in [0.4, 0.5) is 18.9 Å². The molecule has 0 unspecified atom stereocenters. The molecule has 1 aromatic heterocycles. The SMILES string of the molecule is N#CC1=C(N)N(c2cccc(C(F)(F)F)c2)C2=C(C(=O)CCC2)[C@@H]1c1cccs1. The van der Waals surface area contributed by atoms with Crippen molar-refractivity contribution in [3.05, 3.63) is 74.9 Å². The Balaban J connectivity index is 1.95. The summed E-state index contributed by atoms with van der Waals surface area (Å²) in [5.74, 6) is -0.606. The van der Waals surface area contributed by atoms with E-state index in [1.807, 2.05) is 17.5 Å². The number of rotatable bonds is 2. The minimum atomic E-state index is -4.51. The average Bonchev–Trinajstić information content (AvgIpc) is 3.21. The van der Waals surface area contributed by atoms with Gasteiger partial charge in [0.1, 0.15) is 5.82 Å². The van der Waals surface area contributed by atoms with Crippen LogP contribution in [0.1, 0.15) is 35.6 Å². The number of halogens is 3. The Hall–Kier alpha value is -3.05. The quantitative estimate of drug-likeness (QED) is 0.743. The summed E-state index contributed by atoms with van der Waals surface area (Å²) in [5, 5.41) is 11.7. The van der Waals surface area contributed by atoms with Gasteiger partial charge in [-0.3, -0.25) is 9.69 Å². The number of ketones is 1. The van der Waals surface area contributed by atoms with E-state index in [1.54, 1.807) is 0 Å². The molecule has 1 aliphatic carbocycles. The van der Waals surface area contributed by atoms with Gasteiger partial charge in [0.15, 0.2) is 5.78 Å². The number of hydrogen-bond acceptors (Lipinski definition) is 5. The molecule has 0 bridgehead atoms. The van der Waals surface area contributed by atoms with Gasteiger partial charge in [-0.15, -0.1) is 11.3 Å². The summed E-state index contributed by atoms with van der Waals surface area (Å²) >= 11 is 1.42. The minimum absolute atomic E-state index is 0.0682. The molecule has 0 radical (unpaired) electrons. The highest BCUT2D eigenvalue weighted by atomic mass is 32.1. The number of nitrogens with two attached hydrogens (primary N) is 1. The lowest BCUT2D eigenvalue weighted by Gasteiger charge is -2.39. The fraction of sp³-hybridized carbons (Fsp3) is 0.238. The number of allylic oxidation sites excluding steroid dienone is 3. The van der Waals surface area contributed by atoms with Crippen molar-refractivity contribution in [3.8, 4) is 6.07 Å². The fourth-order valence-electron chi connectivity index (χ4n) is 3.94. The van der Waals surface area contributed by atoms with Gasteiger partial charge in [0.2, 0.25) is 0 Å². The highest BCUT2D eigenvalue weighted by molar-refractivity contribution is 7.10. The maximum absolute atomic E-state index is 13.2. The van der Waals surface area contributed by atoms with Crippen LogP contribution in [0, 0.1) is 11.3 Å². The van der Waals surface area contributed by atoms with E-state index >= 15 is 0 Å². The highest BCUT2D eigenvalue weighted by Crippen LogP contribution is 2.47. The van der Waals surface area contributed by atoms with E-state index in [1.165, 1.54) is 28.4 Å². The number of nitriles is 1. The topological polar surface area (TPSA) is 70.1 Å². The molecule has 29 heavy (non-hydrogen) atoms. The van der Waals surface area contributed by atoms with E-state index in [2.05, 4.69) is 6.07 Å². The van der Waals surface area contributed by atoms with Crippen molar-refractivity contribution in [2.45, 2.75) is 31.4 Å². The number of hydrogen-bond donors (Lipinski definition) is 1. The van der Waals surface area contributed by atoms with Crippen molar-refractivity contribution < 1.29 is 18.0 Å². The maximum Gasteiger partial charge on any atom is 0.416 e. The van der Waals surface area contributed by atoms with Gasteiger partial charge in [-0.1, -0.05) is 12.1 Å². The van der Waals surface area contributed by atoms with E-state index in [4.69, 9.17) is 5.73 Å². The van der Waals surface area contributed by atoms with Crippen molar-refractivity contribution in [1.29, 1.82) is 5.26 Å². The van der Waals surface area contributed by atoms with Gasteiger partial charge in [-0.2, -0.15) is 18.4 Å². The molecule has 0 saturated heterocycles. The Morgan fingerprint density at radius 2 is 2.00 bits per heavy atom. The molecule has 2 N–H and O–H groups in total. The van der Waals surface area contributed by atoms with Gasteiger partial charge in [0.25, 0.3) is 0 Å². The second-order valence-electron chi connectivity index (χ2n) is 6.88. The molecule has 4 nitrogen and oxygen atoms in total. The van der Waals surface area contributed by atoms with E-state index in [-0.39, 0.29) is 22.9 Å². The Kier molecular flexibility index (Phi) is 4.71. The number of anilines is 1. The Morgan fingerprint density at radius 1 is 1.21 bits per heavy atom. The molecule has 0 fully saturated rings. The average molecular weight is 415 g/mol. The zero-order chi connectivity index (χ0) is 20.8. The number of carbonyl (C=O) groups is 1. The summed E-state index contributed by atoms with van der Waals surface area (Å²) in [6.07, 6.45) is -3.09. The van der Waals surface area contributed by atoms with Gasteiger partial charge < -0.3 is 5.73 Å². The minimum Gasteiger partial charge on any atom is -0.384 e. The van der Waals surface area contributed by atoms with Crippen LogP contribution in [-0.2, 0) is 11.0 Å². The first-order valence-corrected chi connectivity index (χ1v) is 9.87. The van der Waals surface area contributed by atoms with Crippen molar-refractivity contribution in [3.63, 3.8) is 0 Å². The van der Waals surface area contributed by atoms with Crippen molar-refractivity contribution in [2.24, 2.45) is 5.73 Å². The first-order valence-electron chi connectivity index (χ1n) is 8.99. The molecule has 1 aromatic carbocycles. The predicted molar refractivity (Wildman–Crippen MR) is 104 cm³/mol. The third-order valence-electron chi connectivity index (χ3n) is 5.17. The van der Waals surface area contributed by atoms with Crippen LogP contribution in [0.15, 0.2) is 64.4 Å². The number of carbonyl (C=O) groups excluding carboxylic acids is 1. The Morgan fingerprint density at radius 3 is 2.66 bits per heavy atom. The van der Waals surface area contributed by atoms with E-state index < -0.39 is 17.7 Å². The van der Waals surface area contributed by atoms with Crippen LogP contribution in [0.25, 0.3) is 0 Å². The summed E-state index contributed by atoms with van der Waals surface area (Å²) < 4.78 is 39.7. The van der Waals surface area contributed by atoms with Crippen molar-refractivity contribution >= 4 is 22.8 Å². The zero-order valence-electron chi connectivity index (χ0n) is 15.2. The lowest BCUT2D eigenvalue weighted by molar-refractivity contribution is -0.137. The standard InChI is InChI=1S/C21H16F3N3OS/c22-21(23,24)12-4-1-5-13(10-12)27-15-6-2-7-16(28)19(15)18(14(11-25)20(27)26)17-8-3-9-29-17/h1,3-5,8-10,18H,2,6-7,26H2/t18-/m0/s1. The Bertz CT molecular complexity index is 1080. The molecule has 2 heterocycles. The molecule has 8 heteroatoms. The summed E-state index contributed by atoms with van der Waals surface area (Å²) in [6, 6.07) is 10.6. The molecular weight excluding hydrogens is 399 g/mol. The van der Waals surface area contributed by atoms with Crippen LogP contribution in [0.5, 0.6) is 0 Å². The smallest absolute Gasteiger partial charge is 0.384 e. The van der Waals surface area contributed by atoms with Crippen LogP contribution in [0.3, 0.4) is 0 Å². The van der Waals surface area contributed by atoms with Crippen LogP contribution in [0.2, 0.25) is 0 Å². The molecule has 0 saturated carbocycles. The van der Waals surface area contributed by atoms with Gasteiger partial charge >= 0.3 is 6.18 Å². The summed E-state index contributed by atoms with van der Waals surface area (Å²) in [6.45, 7) is 0. The van der Waals surface area contributed by atoms with Crippen molar-refractivity contribution in [1.82, 2.24) is 0 Å². The number of nitrogens with zero attached hydrogens (tertiary/aromatic N) is 2. The Labute approximate surface area is 169 Å². The first-order chi connectivity index (χ1) is 13.8. The molecule has 148 valence electrons. The van der Waals surface area contributed by atoms with Crippen LogP contribution in [-0.4, -0.2) is 5.78 Å². The second-order valence-corrected chi connectivity index (χ2v) is 7.86. The van der Waals surface area contributed by atoms with Crippen molar-refractivity contribution in [2.75, 3.05) is 4.90 Å². The molecule has 2 aliphatic rings. The number of Topliss-reactive ketones (excluding diaryl/α,β-unsaturated/α-hetero) is 1. The number of alkyl halides is 3. The summed E-state index contributed by atoms with van der Waals surface area (Å²) in [4.78, 5) is 15.1. The lowest BCUT2D eigenvalue weighted by atomic mass is 9.78. The molecule has 0 amide bonds. The van der Waals surface area contributed by atoms with E-state index in [0.29, 0.717) is 30.5 Å². The van der Waals surface area contributed by atoms with Crippen LogP contribution >= 0.6 is 11.3 Å². The normalized spacial score (nSPS) is 20.0. The largest absolute Gasteiger partial charge is 0.416 e. The monoisotopic (exact) mass is 415 g/mol. The predicted octanol–water partition coefficient (Wildman–Crippen LogP) is 5.07. The van der Waals surface area contributed by atoms with Gasteiger partial charge in [-0.25, -0.2) is 0 Å². The molecule has 1 atom stereocenters. The molecule has 1 aliphatic heterocycles. The molecular formula is C21H16F3N3OS. The summed E-state index contributed by atoms with van der Waals surface area (Å²) in [7, 11) is 0. The molecule has 2 aromatic rings. The highest BCUT2D eigenvalue weighted by Gasteiger charge is 2.41. The van der Waals surface area contributed by atoms with Crippen LogP contribution < -0.4 is 10.6 Å². The molecule has 4 rings (SSSR count). The zero-order valence-corrected chi connectivity index (χ0v) is 16.0. The van der Waals surface area contributed by atoms with Gasteiger partial charge in [0.05, 0.1) is 23.1 Å². The van der Waals surface area contributed by atoms with Gasteiger partial charge in [-0.05, 0) is 42.5 Å². The number of benzene rings is 1. The third kappa shape index (κ3) is 3.21. The fourth-order valence-corrected chi connectivity index (χ4v) is 4.79. The van der Waals surface area contributed by atoms with Gasteiger partial charge in [0, 0.05) is 28.3 Å². The summed E-state index contributed by atoms with van der Waals surface area (Å²) in [5.41, 5.74) is 6.93. The third-order valence-corrected chi connectivity index (χ3v) is 6.11. The maximum atomic E-state index is 13.2.